The Hall–Kier alpha value is -7.48. The van der Waals surface area contributed by atoms with Gasteiger partial charge in [-0.25, -0.2) is 29.9 Å². The molecule has 0 atom stereocenters. The Morgan fingerprint density at radius 3 is 0.971 bits per heavy atom. The molecule has 11 aromatic rings. The summed E-state index contributed by atoms with van der Waals surface area (Å²) in [6, 6.07) is 66.9. The van der Waals surface area contributed by atoms with E-state index in [1.807, 2.05) is 24.3 Å². The highest BCUT2D eigenvalue weighted by Crippen LogP contribution is 2.47. The molecule has 0 fully saturated rings. The first-order chi connectivity index (χ1) is 33.7. The van der Waals surface area contributed by atoms with Gasteiger partial charge in [-0.2, -0.15) is 0 Å². The average Bonchev–Trinajstić information content (AvgIpc) is 4.12. The summed E-state index contributed by atoms with van der Waals surface area (Å²) in [7, 11) is 0. The zero-order valence-corrected chi connectivity index (χ0v) is 39.1. The fraction of sp³-hybridized carbons (Fsp3) is 0. The molecule has 2 aliphatic rings. The molecule has 3 aromatic heterocycles. The minimum Gasteiger partial charge on any atom is -0.324 e. The fourth-order valence-electron chi connectivity index (χ4n) is 8.66. The molecule has 5 heterocycles. The molecule has 0 radical (unpaired) electrons. The normalized spacial score (nSPS) is 11.8. The van der Waals surface area contributed by atoms with Crippen LogP contribution < -0.4 is 0 Å². The van der Waals surface area contributed by atoms with Crippen molar-refractivity contribution < 1.29 is 0 Å². The van der Waals surface area contributed by atoms with Gasteiger partial charge >= 0.3 is 0 Å². The maximum Gasteiger partial charge on any atom is 0.165 e. The Morgan fingerprint density at radius 2 is 0.588 bits per heavy atom. The number of hydrogen-bond acceptors (Lipinski definition) is 10. The molecule has 0 unspecified atom stereocenters. The van der Waals surface area contributed by atoms with Crippen LogP contribution in [-0.2, 0) is 0 Å². The van der Waals surface area contributed by atoms with E-state index < -0.39 is 0 Å². The zero-order chi connectivity index (χ0) is 45.0. The number of aromatic amines is 2. The van der Waals surface area contributed by atoms with Crippen LogP contribution in [0, 0.1) is 0 Å². The number of benzene rings is 8. The lowest BCUT2D eigenvalue weighted by atomic mass is 10.1. The van der Waals surface area contributed by atoms with Gasteiger partial charge in [0.2, 0.25) is 0 Å². The highest BCUT2D eigenvalue weighted by atomic mass is 32.2. The van der Waals surface area contributed by atoms with Gasteiger partial charge < -0.3 is 9.97 Å². The van der Waals surface area contributed by atoms with Gasteiger partial charge in [0, 0.05) is 83.0 Å². The Kier molecular flexibility index (Phi) is 10.4. The first-order valence-corrected chi connectivity index (χ1v) is 25.2. The molecule has 13 rings (SSSR count). The minimum atomic E-state index is 0.553. The number of nitrogens with zero attached hydrogens (tertiary/aromatic N) is 6. The number of hydrogen-bond donors (Lipinski definition) is 2. The van der Waals surface area contributed by atoms with Gasteiger partial charge in [0.25, 0.3) is 0 Å². The summed E-state index contributed by atoms with van der Waals surface area (Å²) in [5.41, 5.74) is 6.18. The van der Waals surface area contributed by atoms with Gasteiger partial charge in [0.1, 0.15) is 22.6 Å². The summed E-state index contributed by atoms with van der Waals surface area (Å²) in [6.07, 6.45) is 0. The SMILES string of the molecule is c1ccc(Sc2cccc3c2-c2nc-3nc3[nH]c(nc4nc(nc5[nH]c(n2)c2cccc(Sc6ccccc6)c52)-c2cccc(Sc5ccccc5)c2-4)c2cccc(Sc4ccccc4)c32)cc1. The fourth-order valence-corrected chi connectivity index (χ4v) is 12.7. The third kappa shape index (κ3) is 7.51. The highest BCUT2D eigenvalue weighted by Gasteiger charge is 2.27. The van der Waals surface area contributed by atoms with Crippen LogP contribution in [0.15, 0.2) is 233 Å². The molecule has 322 valence electrons. The van der Waals surface area contributed by atoms with Crippen LogP contribution in [-0.4, -0.2) is 39.9 Å². The molecule has 0 saturated heterocycles. The van der Waals surface area contributed by atoms with E-state index in [9.17, 15) is 0 Å². The molecule has 2 aliphatic heterocycles. The van der Waals surface area contributed by atoms with Crippen LogP contribution in [0.5, 0.6) is 0 Å². The summed E-state index contributed by atoms with van der Waals surface area (Å²) in [5, 5.41) is 3.72. The number of fused-ring (bicyclic) bond motifs is 20. The van der Waals surface area contributed by atoms with Crippen LogP contribution in [0.25, 0.3) is 89.7 Å². The van der Waals surface area contributed by atoms with Crippen LogP contribution in [0.2, 0.25) is 0 Å². The zero-order valence-electron chi connectivity index (χ0n) is 35.8. The van der Waals surface area contributed by atoms with Crippen molar-refractivity contribution in [1.29, 1.82) is 0 Å². The van der Waals surface area contributed by atoms with Crippen molar-refractivity contribution in [3.8, 4) is 45.6 Å². The van der Waals surface area contributed by atoms with Gasteiger partial charge in [-0.15, -0.1) is 0 Å². The molecule has 2 N–H and O–H groups in total. The van der Waals surface area contributed by atoms with Gasteiger partial charge in [-0.05, 0) is 72.8 Å². The van der Waals surface area contributed by atoms with Crippen LogP contribution in [0.4, 0.5) is 0 Å². The molecule has 8 bridgehead atoms. The van der Waals surface area contributed by atoms with Crippen molar-refractivity contribution in [2.24, 2.45) is 0 Å². The predicted molar refractivity (Wildman–Crippen MR) is 278 cm³/mol. The minimum absolute atomic E-state index is 0.553. The second kappa shape index (κ2) is 17.3. The van der Waals surface area contributed by atoms with Crippen molar-refractivity contribution in [2.75, 3.05) is 0 Å². The number of H-pyrrole nitrogens is 2. The lowest BCUT2D eigenvalue weighted by Gasteiger charge is -2.07. The Bertz CT molecular complexity index is 3660. The number of aromatic nitrogens is 8. The number of nitrogens with one attached hydrogen (secondary N) is 2. The quantitative estimate of drug-likeness (QED) is 0.153. The molecule has 0 aliphatic carbocycles. The molecular formula is C56H34N8S4. The van der Waals surface area contributed by atoms with E-state index in [1.54, 1.807) is 47.0 Å². The molecule has 12 heteroatoms. The Balaban J connectivity index is 1.15. The summed E-state index contributed by atoms with van der Waals surface area (Å²) >= 11 is 6.76. The second-order valence-corrected chi connectivity index (χ2v) is 20.4. The van der Waals surface area contributed by atoms with Crippen molar-refractivity contribution in [3.05, 3.63) is 194 Å². The van der Waals surface area contributed by atoms with Gasteiger partial charge in [0.05, 0.1) is 0 Å². The average molecular weight is 947 g/mol. The maximum absolute atomic E-state index is 5.47. The molecule has 0 spiro atoms. The van der Waals surface area contributed by atoms with E-state index in [1.165, 1.54) is 0 Å². The molecule has 0 saturated carbocycles. The lowest BCUT2D eigenvalue weighted by molar-refractivity contribution is 1.19. The van der Waals surface area contributed by atoms with Crippen molar-refractivity contribution in [1.82, 2.24) is 39.9 Å². The molecule has 8 nitrogen and oxygen atoms in total. The summed E-state index contributed by atoms with van der Waals surface area (Å²) in [6.45, 7) is 0. The lowest BCUT2D eigenvalue weighted by Crippen LogP contribution is -1.86. The molecule has 8 aromatic carbocycles. The third-order valence-corrected chi connectivity index (χ3v) is 15.9. The van der Waals surface area contributed by atoms with Crippen molar-refractivity contribution in [2.45, 2.75) is 39.2 Å². The van der Waals surface area contributed by atoms with E-state index in [-0.39, 0.29) is 0 Å². The van der Waals surface area contributed by atoms with Crippen LogP contribution >= 0.6 is 47.0 Å². The van der Waals surface area contributed by atoms with Crippen LogP contribution in [0.3, 0.4) is 0 Å². The Labute approximate surface area is 407 Å². The highest BCUT2D eigenvalue weighted by molar-refractivity contribution is 8.00. The van der Waals surface area contributed by atoms with E-state index in [2.05, 4.69) is 180 Å². The van der Waals surface area contributed by atoms with Gasteiger partial charge in [-0.1, -0.05) is 168 Å². The molecule has 0 amide bonds. The van der Waals surface area contributed by atoms with Crippen molar-refractivity contribution in [3.63, 3.8) is 0 Å². The third-order valence-electron chi connectivity index (χ3n) is 11.7. The topological polar surface area (TPSA) is 109 Å². The van der Waals surface area contributed by atoms with Gasteiger partial charge in [-0.3, -0.25) is 0 Å². The molecular weight excluding hydrogens is 913 g/mol. The van der Waals surface area contributed by atoms with Crippen LogP contribution in [0.1, 0.15) is 0 Å². The van der Waals surface area contributed by atoms with E-state index in [0.717, 1.165) is 83.0 Å². The summed E-state index contributed by atoms with van der Waals surface area (Å²) in [4.78, 5) is 48.5. The Morgan fingerprint density at radius 1 is 0.265 bits per heavy atom. The number of rotatable bonds is 8. The summed E-state index contributed by atoms with van der Waals surface area (Å²) in [5.74, 6) is 2.22. The van der Waals surface area contributed by atoms with Gasteiger partial charge in [0.15, 0.2) is 23.3 Å². The second-order valence-electron chi connectivity index (χ2n) is 16.0. The first-order valence-electron chi connectivity index (χ1n) is 21.9. The van der Waals surface area contributed by atoms with E-state index in [0.29, 0.717) is 45.9 Å². The maximum atomic E-state index is 5.47. The predicted octanol–water partition coefficient (Wildman–Crippen LogP) is 15.5. The monoisotopic (exact) mass is 946 g/mol. The standard InChI is InChI=1S/C56H34N8S4/c1-5-17-33(18-6-1)65-41-29-13-25-37-45(41)53-57-49(37)62-54-47-39(27-15-31-43(47)67-35-21-9-3-10-22-35)51(59-54)64-56-48-40(28-16-32-44(48)68-36-23-11-4-12-24-36)52(60-56)63-55-46-38(50(58-55)61-53)26-14-30-42(46)66-34-19-7-2-8-20-34/h1-32H,(H2,57,58,59,60,61,62,63,64). The largest absolute Gasteiger partial charge is 0.324 e. The summed E-state index contributed by atoms with van der Waals surface area (Å²) < 4.78 is 0. The van der Waals surface area contributed by atoms with E-state index >= 15 is 0 Å². The van der Waals surface area contributed by atoms with E-state index in [4.69, 9.17) is 29.9 Å². The smallest absolute Gasteiger partial charge is 0.165 e. The van der Waals surface area contributed by atoms with Crippen molar-refractivity contribution >= 4 is 91.2 Å². The molecule has 68 heavy (non-hydrogen) atoms. The first kappa shape index (κ1) is 40.8.